The fourth-order valence-electron chi connectivity index (χ4n) is 2.57. The minimum absolute atomic E-state index is 0.0688. The van der Waals surface area contributed by atoms with Crippen molar-refractivity contribution < 1.29 is 9.53 Å². The Labute approximate surface area is 132 Å². The average molecular weight is 296 g/mol. The minimum atomic E-state index is -0.0688. The Morgan fingerprint density at radius 3 is 1.62 bits per heavy atom. The van der Waals surface area contributed by atoms with Gasteiger partial charge in [-0.25, -0.2) is 0 Å². The van der Waals surface area contributed by atoms with Gasteiger partial charge in [-0.3, -0.25) is 4.79 Å². The highest BCUT2D eigenvalue weighted by Gasteiger charge is 1.99. The highest BCUT2D eigenvalue weighted by molar-refractivity contribution is 5.68. The van der Waals surface area contributed by atoms with Crippen LogP contribution in [0.1, 0.15) is 96.8 Å². The molecule has 0 radical (unpaired) electrons. The quantitative estimate of drug-likeness (QED) is 0.204. The molecular weight excluding hydrogens is 260 g/mol. The molecule has 0 aliphatic carbocycles. The normalized spacial score (nSPS) is 11.1. The van der Waals surface area contributed by atoms with Crippen LogP contribution < -0.4 is 0 Å². The van der Waals surface area contributed by atoms with Crippen molar-refractivity contribution in [2.75, 3.05) is 7.11 Å². The lowest BCUT2D eigenvalue weighted by atomic mass is 10.0. The number of esters is 1. The van der Waals surface area contributed by atoms with Gasteiger partial charge in [0.2, 0.25) is 0 Å². The van der Waals surface area contributed by atoms with Crippen molar-refractivity contribution in [1.29, 1.82) is 0 Å². The largest absolute Gasteiger partial charge is 0.469 e. The second kappa shape index (κ2) is 17.3. The predicted molar refractivity (Wildman–Crippen MR) is 91.5 cm³/mol. The van der Waals surface area contributed by atoms with E-state index in [0.29, 0.717) is 6.42 Å². The second-order valence-corrected chi connectivity index (χ2v) is 5.93. The van der Waals surface area contributed by atoms with E-state index in [-0.39, 0.29) is 5.97 Å². The molecule has 0 fully saturated rings. The van der Waals surface area contributed by atoms with Crippen molar-refractivity contribution in [3.05, 3.63) is 12.2 Å². The van der Waals surface area contributed by atoms with Gasteiger partial charge in [-0.05, 0) is 26.2 Å². The molecule has 0 aliphatic rings. The maximum absolute atomic E-state index is 10.9. The molecule has 0 spiro atoms. The summed E-state index contributed by atoms with van der Waals surface area (Å²) in [4.78, 5) is 10.9. The molecule has 0 aliphatic heterocycles. The van der Waals surface area contributed by atoms with E-state index in [2.05, 4.69) is 23.8 Å². The van der Waals surface area contributed by atoms with Crippen molar-refractivity contribution in [2.45, 2.75) is 96.8 Å². The van der Waals surface area contributed by atoms with Gasteiger partial charge in [0.15, 0.2) is 0 Å². The Balaban J connectivity index is 3.01. The predicted octanol–water partition coefficient (Wildman–Crippen LogP) is 6.20. The van der Waals surface area contributed by atoms with E-state index < -0.39 is 0 Å². The molecule has 0 atom stereocenters. The number of carbonyl (C=O) groups excluding carboxylic acids is 1. The number of hydrogen-bond acceptors (Lipinski definition) is 2. The van der Waals surface area contributed by atoms with E-state index in [4.69, 9.17) is 0 Å². The molecule has 0 saturated carbocycles. The van der Waals surface area contributed by atoms with Crippen LogP contribution in [0.5, 0.6) is 0 Å². The number of unbranched alkanes of at least 4 members (excludes halogenated alkanes) is 12. The second-order valence-electron chi connectivity index (χ2n) is 5.93. The van der Waals surface area contributed by atoms with Gasteiger partial charge in [-0.1, -0.05) is 76.4 Å². The van der Waals surface area contributed by atoms with Crippen molar-refractivity contribution in [2.24, 2.45) is 0 Å². The zero-order chi connectivity index (χ0) is 15.6. The number of rotatable bonds is 15. The smallest absolute Gasteiger partial charge is 0.305 e. The molecule has 124 valence electrons. The summed E-state index contributed by atoms with van der Waals surface area (Å²) in [5.41, 5.74) is 0. The Morgan fingerprint density at radius 2 is 1.19 bits per heavy atom. The molecule has 0 amide bonds. The first kappa shape index (κ1) is 20.2. The average Bonchev–Trinajstić information content (AvgIpc) is 2.50. The first-order valence-electron chi connectivity index (χ1n) is 8.99. The van der Waals surface area contributed by atoms with Crippen molar-refractivity contribution in [3.63, 3.8) is 0 Å². The van der Waals surface area contributed by atoms with E-state index >= 15 is 0 Å². The van der Waals surface area contributed by atoms with Crippen LogP contribution in [-0.4, -0.2) is 13.1 Å². The van der Waals surface area contributed by atoms with Crippen LogP contribution >= 0.6 is 0 Å². The van der Waals surface area contributed by atoms with Gasteiger partial charge in [-0.2, -0.15) is 0 Å². The van der Waals surface area contributed by atoms with Gasteiger partial charge in [-0.15, -0.1) is 0 Å². The molecule has 21 heavy (non-hydrogen) atoms. The number of methoxy groups -OCH3 is 1. The molecule has 0 saturated heterocycles. The molecule has 0 heterocycles. The monoisotopic (exact) mass is 296 g/mol. The lowest BCUT2D eigenvalue weighted by molar-refractivity contribution is -0.140. The first-order valence-corrected chi connectivity index (χ1v) is 8.99. The van der Waals surface area contributed by atoms with Gasteiger partial charge < -0.3 is 4.74 Å². The summed E-state index contributed by atoms with van der Waals surface area (Å²) >= 11 is 0. The zero-order valence-corrected chi connectivity index (χ0v) is 14.4. The van der Waals surface area contributed by atoms with Gasteiger partial charge in [0.25, 0.3) is 0 Å². The first-order chi connectivity index (χ1) is 10.3. The lowest BCUT2D eigenvalue weighted by Crippen LogP contribution is -1.99. The van der Waals surface area contributed by atoms with Crippen LogP contribution in [0, 0.1) is 0 Å². The summed E-state index contributed by atoms with van der Waals surface area (Å²) < 4.78 is 4.63. The number of carbonyl (C=O) groups is 1. The molecule has 0 aromatic carbocycles. The van der Waals surface area contributed by atoms with Gasteiger partial charge >= 0.3 is 5.97 Å². The molecule has 2 nitrogen and oxygen atoms in total. The number of ether oxygens (including phenoxy) is 1. The maximum atomic E-state index is 10.9. The molecule has 0 aromatic heterocycles. The summed E-state index contributed by atoms with van der Waals surface area (Å²) in [6, 6.07) is 0. The van der Waals surface area contributed by atoms with Crippen LogP contribution in [0.25, 0.3) is 0 Å². The fourth-order valence-corrected chi connectivity index (χ4v) is 2.57. The molecule has 0 N–H and O–H groups in total. The van der Waals surface area contributed by atoms with Crippen molar-refractivity contribution >= 4 is 5.97 Å². The fraction of sp³-hybridized carbons (Fsp3) is 0.842. The van der Waals surface area contributed by atoms with Crippen LogP contribution in [0.3, 0.4) is 0 Å². The lowest BCUT2D eigenvalue weighted by Gasteiger charge is -2.03. The topological polar surface area (TPSA) is 26.3 Å². The number of hydrogen-bond donors (Lipinski definition) is 0. The minimum Gasteiger partial charge on any atom is -0.469 e. The van der Waals surface area contributed by atoms with Crippen LogP contribution in [0.15, 0.2) is 12.2 Å². The number of allylic oxidation sites excluding steroid dienone is 2. The van der Waals surface area contributed by atoms with Gasteiger partial charge in [0.1, 0.15) is 0 Å². The van der Waals surface area contributed by atoms with E-state index in [1.165, 1.54) is 84.2 Å². The zero-order valence-electron chi connectivity index (χ0n) is 14.4. The van der Waals surface area contributed by atoms with E-state index in [0.717, 1.165) is 6.42 Å². The van der Waals surface area contributed by atoms with E-state index in [9.17, 15) is 4.79 Å². The molecule has 2 heteroatoms. The van der Waals surface area contributed by atoms with Crippen LogP contribution in [0.4, 0.5) is 0 Å². The molecule has 0 bridgehead atoms. The third-order valence-electron chi connectivity index (χ3n) is 3.97. The van der Waals surface area contributed by atoms with Crippen molar-refractivity contribution in [1.82, 2.24) is 0 Å². The highest BCUT2D eigenvalue weighted by atomic mass is 16.5. The Bertz CT molecular complexity index is 246. The summed E-state index contributed by atoms with van der Waals surface area (Å²) in [5, 5.41) is 0. The van der Waals surface area contributed by atoms with E-state index in [1.54, 1.807) is 0 Å². The van der Waals surface area contributed by atoms with Gasteiger partial charge in [0, 0.05) is 6.42 Å². The molecule has 0 unspecified atom stereocenters. The Hall–Kier alpha value is -0.790. The standard InChI is InChI=1S/C19H36O2/c1-3-4-5-6-7-8-9-10-11-12-13-14-15-16-17-18-19(20)21-2/h3-4H,5-18H2,1-2H3/b4-3-. The summed E-state index contributed by atoms with van der Waals surface area (Å²) in [5.74, 6) is -0.0688. The molecular formula is C19H36O2. The van der Waals surface area contributed by atoms with Crippen LogP contribution in [-0.2, 0) is 9.53 Å². The Kier molecular flexibility index (Phi) is 16.6. The van der Waals surface area contributed by atoms with Gasteiger partial charge in [0.05, 0.1) is 7.11 Å². The SMILES string of the molecule is C/C=C\CCCCCCCCCCCCCCC(=O)OC. The van der Waals surface area contributed by atoms with Crippen LogP contribution in [0.2, 0.25) is 0 Å². The summed E-state index contributed by atoms with van der Waals surface area (Å²) in [6.45, 7) is 2.10. The maximum Gasteiger partial charge on any atom is 0.305 e. The highest BCUT2D eigenvalue weighted by Crippen LogP contribution is 2.13. The third kappa shape index (κ3) is 17.2. The molecule has 0 aromatic rings. The van der Waals surface area contributed by atoms with Crippen molar-refractivity contribution in [3.8, 4) is 0 Å². The summed E-state index contributed by atoms with van der Waals surface area (Å²) in [6.07, 6.45) is 22.1. The molecule has 0 rings (SSSR count). The summed E-state index contributed by atoms with van der Waals surface area (Å²) in [7, 11) is 1.46. The van der Waals surface area contributed by atoms with E-state index in [1.807, 2.05) is 0 Å². The Morgan fingerprint density at radius 1 is 0.762 bits per heavy atom. The third-order valence-corrected chi connectivity index (χ3v) is 3.97.